The van der Waals surface area contributed by atoms with Crippen LogP contribution in [0, 0.1) is 22.7 Å². The van der Waals surface area contributed by atoms with Gasteiger partial charge in [-0.25, -0.2) is 0 Å². The van der Waals surface area contributed by atoms with Crippen molar-refractivity contribution in [3.05, 3.63) is 22.7 Å². The van der Waals surface area contributed by atoms with Crippen molar-refractivity contribution in [2.24, 2.45) is 0 Å². The van der Waals surface area contributed by atoms with E-state index in [1.165, 1.54) is 11.0 Å². The first-order valence-electron chi connectivity index (χ1n) is 8.21. The lowest BCUT2D eigenvalue weighted by molar-refractivity contribution is 0.0762. The average Bonchev–Trinajstić information content (AvgIpc) is 2.60. The standard InChI is InChI=1S/C18H22ClN3O3/c1-3-11-25-17-15(19)12-14(13-16(17)24-4-2)18(23)22(9-5-7-20)10-6-8-21/h12-13H,3-6,9-11H2,1-2H3. The highest BCUT2D eigenvalue weighted by molar-refractivity contribution is 6.32. The van der Waals surface area contributed by atoms with Crippen LogP contribution in [0.5, 0.6) is 11.5 Å². The lowest BCUT2D eigenvalue weighted by Crippen LogP contribution is -2.32. The van der Waals surface area contributed by atoms with E-state index in [1.807, 2.05) is 26.0 Å². The Kier molecular flexibility index (Phi) is 9.21. The van der Waals surface area contributed by atoms with Crippen molar-refractivity contribution >= 4 is 17.5 Å². The zero-order chi connectivity index (χ0) is 18.7. The van der Waals surface area contributed by atoms with Crippen molar-refractivity contribution in [1.82, 2.24) is 4.90 Å². The lowest BCUT2D eigenvalue weighted by atomic mass is 10.1. The molecule has 0 atom stereocenters. The van der Waals surface area contributed by atoms with E-state index in [4.69, 9.17) is 31.6 Å². The lowest BCUT2D eigenvalue weighted by Gasteiger charge is -2.21. The fourth-order valence-corrected chi connectivity index (χ4v) is 2.43. The summed E-state index contributed by atoms with van der Waals surface area (Å²) in [6.45, 7) is 5.22. The molecule has 0 N–H and O–H groups in total. The van der Waals surface area contributed by atoms with Crippen molar-refractivity contribution in [3.63, 3.8) is 0 Å². The number of carbonyl (C=O) groups is 1. The number of nitrogens with zero attached hydrogens (tertiary/aromatic N) is 3. The number of benzene rings is 1. The van der Waals surface area contributed by atoms with E-state index in [0.29, 0.717) is 35.3 Å². The number of rotatable bonds is 10. The Morgan fingerprint density at radius 3 is 2.32 bits per heavy atom. The number of nitriles is 2. The molecule has 1 amide bonds. The van der Waals surface area contributed by atoms with Gasteiger partial charge in [0.2, 0.25) is 0 Å². The molecule has 0 saturated heterocycles. The minimum absolute atomic E-state index is 0.195. The Morgan fingerprint density at radius 2 is 1.80 bits per heavy atom. The molecule has 0 fully saturated rings. The van der Waals surface area contributed by atoms with E-state index < -0.39 is 0 Å². The predicted molar refractivity (Wildman–Crippen MR) is 94.8 cm³/mol. The molecule has 0 saturated carbocycles. The van der Waals surface area contributed by atoms with Crippen LogP contribution in [0.25, 0.3) is 0 Å². The first-order valence-corrected chi connectivity index (χ1v) is 8.59. The fraction of sp³-hybridized carbons (Fsp3) is 0.500. The molecule has 0 aromatic heterocycles. The highest BCUT2D eigenvalue weighted by Crippen LogP contribution is 2.37. The van der Waals surface area contributed by atoms with Crippen LogP contribution < -0.4 is 9.47 Å². The van der Waals surface area contributed by atoms with Crippen molar-refractivity contribution in [2.45, 2.75) is 33.1 Å². The summed E-state index contributed by atoms with van der Waals surface area (Å²) in [6.07, 6.45) is 1.21. The molecule has 0 bridgehead atoms. The molecule has 6 nitrogen and oxygen atoms in total. The van der Waals surface area contributed by atoms with E-state index in [-0.39, 0.29) is 31.8 Å². The molecule has 7 heteroatoms. The number of hydrogen-bond donors (Lipinski definition) is 0. The van der Waals surface area contributed by atoms with Crippen LogP contribution in [0.1, 0.15) is 43.5 Å². The molecule has 0 heterocycles. The van der Waals surface area contributed by atoms with Gasteiger partial charge in [0.15, 0.2) is 11.5 Å². The molecule has 1 aromatic carbocycles. The Balaban J connectivity index is 3.14. The molecule has 0 radical (unpaired) electrons. The van der Waals surface area contributed by atoms with Gasteiger partial charge < -0.3 is 14.4 Å². The Labute approximate surface area is 153 Å². The molecule has 25 heavy (non-hydrogen) atoms. The van der Waals surface area contributed by atoms with Gasteiger partial charge >= 0.3 is 0 Å². The summed E-state index contributed by atoms with van der Waals surface area (Å²) >= 11 is 6.28. The van der Waals surface area contributed by atoms with Gasteiger partial charge in [-0.3, -0.25) is 4.79 Å². The Hall–Kier alpha value is -2.44. The smallest absolute Gasteiger partial charge is 0.254 e. The van der Waals surface area contributed by atoms with Gasteiger partial charge in [0.05, 0.1) is 43.2 Å². The molecule has 134 valence electrons. The van der Waals surface area contributed by atoms with Gasteiger partial charge in [-0.1, -0.05) is 18.5 Å². The fourth-order valence-electron chi connectivity index (χ4n) is 2.17. The third kappa shape index (κ3) is 6.17. The molecule has 0 aliphatic carbocycles. The molecular formula is C18H22ClN3O3. The number of amides is 1. The normalized spacial score (nSPS) is 9.80. The van der Waals surface area contributed by atoms with Gasteiger partial charge in [0, 0.05) is 18.7 Å². The number of hydrogen-bond acceptors (Lipinski definition) is 5. The quantitative estimate of drug-likeness (QED) is 0.631. The minimum atomic E-state index is -0.296. The Bertz CT molecular complexity index is 647. The van der Waals surface area contributed by atoms with Crippen LogP contribution >= 0.6 is 11.6 Å². The maximum Gasteiger partial charge on any atom is 0.254 e. The summed E-state index contributed by atoms with van der Waals surface area (Å²) in [5, 5.41) is 17.8. The van der Waals surface area contributed by atoms with Gasteiger partial charge in [0.1, 0.15) is 0 Å². The first kappa shape index (κ1) is 20.6. The molecule has 0 spiro atoms. The SMILES string of the molecule is CCCOc1c(Cl)cc(C(=O)N(CCC#N)CCC#N)cc1OCC. The van der Waals surface area contributed by atoms with Gasteiger partial charge in [-0.05, 0) is 25.5 Å². The molecule has 0 unspecified atom stereocenters. The van der Waals surface area contributed by atoms with Crippen LogP contribution in [0.4, 0.5) is 0 Å². The summed E-state index contributed by atoms with van der Waals surface area (Å²) in [7, 11) is 0. The third-order valence-electron chi connectivity index (χ3n) is 3.28. The second-order valence-electron chi connectivity index (χ2n) is 5.18. The number of carbonyl (C=O) groups excluding carboxylic acids is 1. The average molecular weight is 364 g/mol. The van der Waals surface area contributed by atoms with E-state index >= 15 is 0 Å². The van der Waals surface area contributed by atoms with E-state index in [0.717, 1.165) is 6.42 Å². The van der Waals surface area contributed by atoms with Crippen molar-refractivity contribution in [2.75, 3.05) is 26.3 Å². The summed E-state index contributed by atoms with van der Waals surface area (Å²) < 4.78 is 11.2. The molecule has 0 aliphatic rings. The van der Waals surface area contributed by atoms with E-state index in [1.54, 1.807) is 6.07 Å². The molecular weight excluding hydrogens is 342 g/mol. The predicted octanol–water partition coefficient (Wildman–Crippen LogP) is 3.80. The van der Waals surface area contributed by atoms with Crippen LogP contribution in [0.3, 0.4) is 0 Å². The Morgan fingerprint density at radius 1 is 1.16 bits per heavy atom. The molecule has 1 aromatic rings. The number of ether oxygens (including phenoxy) is 2. The van der Waals surface area contributed by atoms with Crippen LogP contribution in [0.15, 0.2) is 12.1 Å². The van der Waals surface area contributed by atoms with Gasteiger partial charge in [0.25, 0.3) is 5.91 Å². The third-order valence-corrected chi connectivity index (χ3v) is 3.56. The summed E-state index contributed by atoms with van der Waals surface area (Å²) in [5.74, 6) is 0.533. The summed E-state index contributed by atoms with van der Waals surface area (Å²) in [5.41, 5.74) is 0.341. The van der Waals surface area contributed by atoms with Crippen molar-refractivity contribution < 1.29 is 14.3 Å². The highest BCUT2D eigenvalue weighted by Gasteiger charge is 2.20. The van der Waals surface area contributed by atoms with Crippen LogP contribution in [-0.4, -0.2) is 37.1 Å². The van der Waals surface area contributed by atoms with Gasteiger partial charge in [-0.15, -0.1) is 0 Å². The van der Waals surface area contributed by atoms with Crippen LogP contribution in [0.2, 0.25) is 5.02 Å². The molecule has 1 rings (SSSR count). The monoisotopic (exact) mass is 363 g/mol. The maximum atomic E-state index is 12.7. The first-order chi connectivity index (χ1) is 12.1. The van der Waals surface area contributed by atoms with E-state index in [9.17, 15) is 4.79 Å². The largest absolute Gasteiger partial charge is 0.490 e. The van der Waals surface area contributed by atoms with Gasteiger partial charge in [-0.2, -0.15) is 10.5 Å². The summed E-state index contributed by atoms with van der Waals surface area (Å²) in [6, 6.07) is 7.14. The second kappa shape index (κ2) is 11.2. The maximum absolute atomic E-state index is 12.7. The van der Waals surface area contributed by atoms with Crippen molar-refractivity contribution in [1.29, 1.82) is 10.5 Å². The molecule has 0 aliphatic heterocycles. The van der Waals surface area contributed by atoms with Crippen LogP contribution in [-0.2, 0) is 0 Å². The second-order valence-corrected chi connectivity index (χ2v) is 5.58. The van der Waals surface area contributed by atoms with E-state index in [2.05, 4.69) is 0 Å². The summed E-state index contributed by atoms with van der Waals surface area (Å²) in [4.78, 5) is 14.2. The number of halogens is 1. The highest BCUT2D eigenvalue weighted by atomic mass is 35.5. The zero-order valence-corrected chi connectivity index (χ0v) is 15.3. The topological polar surface area (TPSA) is 86.4 Å². The minimum Gasteiger partial charge on any atom is -0.490 e. The zero-order valence-electron chi connectivity index (χ0n) is 14.5. The van der Waals surface area contributed by atoms with Crippen molar-refractivity contribution in [3.8, 4) is 23.6 Å².